The first kappa shape index (κ1) is 13.8. The Balaban J connectivity index is 1.82. The summed E-state index contributed by atoms with van der Waals surface area (Å²) in [6.45, 7) is 7.91. The molecule has 2 rings (SSSR count). The van der Waals surface area contributed by atoms with Gasteiger partial charge in [-0.25, -0.2) is 0 Å². The molecule has 2 aliphatic rings. The number of rotatable bonds is 5. The fraction of sp³-hybridized carbons (Fsp3) is 0.929. The first-order chi connectivity index (χ1) is 8.81. The minimum atomic E-state index is 0.345. The van der Waals surface area contributed by atoms with E-state index in [1.807, 2.05) is 0 Å². The molecule has 4 nitrogen and oxygen atoms in total. The van der Waals surface area contributed by atoms with Crippen LogP contribution < -0.4 is 5.32 Å². The van der Waals surface area contributed by atoms with E-state index < -0.39 is 0 Å². The van der Waals surface area contributed by atoms with Crippen molar-refractivity contribution >= 4 is 5.91 Å². The maximum atomic E-state index is 12.3. The number of nitrogens with one attached hydrogen (secondary N) is 1. The van der Waals surface area contributed by atoms with Gasteiger partial charge in [-0.15, -0.1) is 0 Å². The van der Waals surface area contributed by atoms with Gasteiger partial charge in [0.2, 0.25) is 5.91 Å². The largest absolute Gasteiger partial charge is 0.342 e. The molecule has 1 amide bonds. The molecular weight excluding hydrogens is 226 g/mol. The van der Waals surface area contributed by atoms with E-state index in [-0.39, 0.29) is 0 Å². The minimum Gasteiger partial charge on any atom is -0.342 e. The molecule has 0 aromatic rings. The van der Waals surface area contributed by atoms with Crippen LogP contribution >= 0.6 is 0 Å². The number of likely N-dealkylation sites (tertiary alicyclic amines) is 1. The van der Waals surface area contributed by atoms with Gasteiger partial charge in [0, 0.05) is 32.2 Å². The van der Waals surface area contributed by atoms with E-state index in [4.69, 9.17) is 0 Å². The van der Waals surface area contributed by atoms with Crippen LogP contribution in [0.4, 0.5) is 0 Å². The highest BCUT2D eigenvalue weighted by Gasteiger charge is 2.27. The highest BCUT2D eigenvalue weighted by atomic mass is 16.2. The molecule has 4 heteroatoms. The number of nitrogens with zero attached hydrogens (tertiary/aromatic N) is 2. The number of amides is 1. The maximum absolute atomic E-state index is 12.3. The molecule has 0 unspecified atom stereocenters. The number of carbonyl (C=O) groups is 1. The lowest BCUT2D eigenvalue weighted by molar-refractivity contribution is -0.133. The van der Waals surface area contributed by atoms with E-state index >= 15 is 0 Å². The van der Waals surface area contributed by atoms with E-state index in [1.165, 1.54) is 25.7 Å². The van der Waals surface area contributed by atoms with Crippen LogP contribution in [0.1, 0.15) is 39.0 Å². The van der Waals surface area contributed by atoms with Crippen molar-refractivity contribution in [1.82, 2.24) is 15.1 Å². The summed E-state index contributed by atoms with van der Waals surface area (Å²) in [5.41, 5.74) is 0. The quantitative estimate of drug-likeness (QED) is 0.796. The summed E-state index contributed by atoms with van der Waals surface area (Å²) in [7, 11) is 0. The van der Waals surface area contributed by atoms with Gasteiger partial charge in [-0.1, -0.05) is 19.8 Å². The Kier molecular flexibility index (Phi) is 5.45. The molecule has 0 spiro atoms. The predicted molar refractivity (Wildman–Crippen MR) is 73.6 cm³/mol. The molecule has 104 valence electrons. The highest BCUT2D eigenvalue weighted by Crippen LogP contribution is 2.12. The van der Waals surface area contributed by atoms with Crippen LogP contribution in [0.2, 0.25) is 0 Å². The molecule has 2 aliphatic heterocycles. The van der Waals surface area contributed by atoms with Gasteiger partial charge in [-0.05, 0) is 25.8 Å². The van der Waals surface area contributed by atoms with Crippen molar-refractivity contribution in [3.63, 3.8) is 0 Å². The van der Waals surface area contributed by atoms with Crippen molar-refractivity contribution in [1.29, 1.82) is 0 Å². The Bertz CT molecular complexity index is 258. The summed E-state index contributed by atoms with van der Waals surface area (Å²) in [6, 6.07) is 0.584. The standard InChI is InChI=1S/C14H27N3O/c1-2-7-17(13-10-15-11-13)12-14(18)16-8-5-3-4-6-9-16/h13,15H,2-12H2,1H3. The summed E-state index contributed by atoms with van der Waals surface area (Å²) in [5, 5.41) is 3.30. The number of hydrogen-bond acceptors (Lipinski definition) is 3. The molecule has 0 aliphatic carbocycles. The van der Waals surface area contributed by atoms with Crippen LogP contribution in [0.15, 0.2) is 0 Å². The van der Waals surface area contributed by atoms with Crippen LogP contribution in [-0.4, -0.2) is 61.0 Å². The lowest BCUT2D eigenvalue weighted by Crippen LogP contribution is -2.59. The molecule has 0 atom stereocenters. The molecule has 0 saturated carbocycles. The Morgan fingerprint density at radius 2 is 1.89 bits per heavy atom. The third kappa shape index (κ3) is 3.69. The third-order valence-corrected chi connectivity index (χ3v) is 4.08. The number of carbonyl (C=O) groups excluding carboxylic acids is 1. The van der Waals surface area contributed by atoms with Crippen molar-refractivity contribution < 1.29 is 4.79 Å². The molecule has 2 fully saturated rings. The highest BCUT2D eigenvalue weighted by molar-refractivity contribution is 5.78. The zero-order valence-corrected chi connectivity index (χ0v) is 11.7. The lowest BCUT2D eigenvalue weighted by Gasteiger charge is -2.38. The fourth-order valence-electron chi connectivity index (χ4n) is 2.80. The molecule has 0 aromatic heterocycles. The van der Waals surface area contributed by atoms with Gasteiger partial charge >= 0.3 is 0 Å². The molecule has 0 radical (unpaired) electrons. The summed E-state index contributed by atoms with van der Waals surface area (Å²) in [6.07, 6.45) is 6.07. The van der Waals surface area contributed by atoms with E-state index in [1.54, 1.807) is 0 Å². The first-order valence-corrected chi connectivity index (χ1v) is 7.54. The van der Waals surface area contributed by atoms with Crippen molar-refractivity contribution in [2.75, 3.05) is 39.3 Å². The van der Waals surface area contributed by atoms with E-state index in [2.05, 4.69) is 22.0 Å². The molecule has 18 heavy (non-hydrogen) atoms. The average Bonchev–Trinajstić information content (AvgIpc) is 2.55. The van der Waals surface area contributed by atoms with Crippen LogP contribution in [0, 0.1) is 0 Å². The molecule has 2 saturated heterocycles. The van der Waals surface area contributed by atoms with Crippen molar-refractivity contribution in [3.05, 3.63) is 0 Å². The average molecular weight is 253 g/mol. The Hall–Kier alpha value is -0.610. The van der Waals surface area contributed by atoms with E-state index in [0.717, 1.165) is 39.1 Å². The topological polar surface area (TPSA) is 35.6 Å². The second-order valence-electron chi connectivity index (χ2n) is 5.58. The first-order valence-electron chi connectivity index (χ1n) is 7.54. The maximum Gasteiger partial charge on any atom is 0.236 e. The summed E-state index contributed by atoms with van der Waals surface area (Å²) in [4.78, 5) is 16.8. The van der Waals surface area contributed by atoms with Crippen LogP contribution in [0.3, 0.4) is 0 Å². The Morgan fingerprint density at radius 3 is 2.39 bits per heavy atom. The van der Waals surface area contributed by atoms with Gasteiger partial charge in [0.15, 0.2) is 0 Å². The molecule has 2 heterocycles. The third-order valence-electron chi connectivity index (χ3n) is 4.08. The SMILES string of the molecule is CCCN(CC(=O)N1CCCCCC1)C1CNC1. The van der Waals surface area contributed by atoms with Crippen molar-refractivity contribution in [3.8, 4) is 0 Å². The molecule has 1 N–H and O–H groups in total. The lowest BCUT2D eigenvalue weighted by atomic mass is 10.1. The number of hydrogen-bond donors (Lipinski definition) is 1. The summed E-state index contributed by atoms with van der Waals surface area (Å²) in [5.74, 6) is 0.345. The van der Waals surface area contributed by atoms with Gasteiger partial charge in [-0.2, -0.15) is 0 Å². The Morgan fingerprint density at radius 1 is 1.22 bits per heavy atom. The van der Waals surface area contributed by atoms with Crippen LogP contribution in [0.5, 0.6) is 0 Å². The summed E-state index contributed by atoms with van der Waals surface area (Å²) >= 11 is 0. The fourth-order valence-corrected chi connectivity index (χ4v) is 2.80. The van der Waals surface area contributed by atoms with E-state index in [0.29, 0.717) is 18.5 Å². The minimum absolute atomic E-state index is 0.345. The second-order valence-corrected chi connectivity index (χ2v) is 5.58. The van der Waals surface area contributed by atoms with Crippen molar-refractivity contribution in [2.24, 2.45) is 0 Å². The zero-order valence-electron chi connectivity index (χ0n) is 11.7. The normalized spacial score (nSPS) is 21.8. The zero-order chi connectivity index (χ0) is 12.8. The van der Waals surface area contributed by atoms with Gasteiger partial charge in [0.05, 0.1) is 6.54 Å². The van der Waals surface area contributed by atoms with E-state index in [9.17, 15) is 4.79 Å². The second kappa shape index (κ2) is 7.10. The molecule has 0 aromatic carbocycles. The van der Waals surface area contributed by atoms with Gasteiger partial charge in [0.1, 0.15) is 0 Å². The van der Waals surface area contributed by atoms with Gasteiger partial charge in [-0.3, -0.25) is 9.69 Å². The predicted octanol–water partition coefficient (Wildman–Crippen LogP) is 1.07. The Labute approximate surface area is 111 Å². The molecular formula is C14H27N3O. The summed E-state index contributed by atoms with van der Waals surface area (Å²) < 4.78 is 0. The van der Waals surface area contributed by atoms with Crippen LogP contribution in [0.25, 0.3) is 0 Å². The molecule has 0 bridgehead atoms. The van der Waals surface area contributed by atoms with Gasteiger partial charge in [0.25, 0.3) is 0 Å². The van der Waals surface area contributed by atoms with Gasteiger partial charge < -0.3 is 10.2 Å². The van der Waals surface area contributed by atoms with Crippen LogP contribution in [-0.2, 0) is 4.79 Å². The monoisotopic (exact) mass is 253 g/mol. The smallest absolute Gasteiger partial charge is 0.236 e. The van der Waals surface area contributed by atoms with Crippen molar-refractivity contribution in [2.45, 2.75) is 45.1 Å².